The zero-order chi connectivity index (χ0) is 20.2. The third-order valence-electron chi connectivity index (χ3n) is 6.07. The van der Waals surface area contributed by atoms with Crippen LogP contribution in [0.1, 0.15) is 47.9 Å². The van der Waals surface area contributed by atoms with Crippen LogP contribution in [0.2, 0.25) is 0 Å². The number of amides is 2. The summed E-state index contributed by atoms with van der Waals surface area (Å²) in [5.74, 6) is -0.258. The van der Waals surface area contributed by atoms with Crippen LogP contribution in [0, 0.1) is 0 Å². The number of nitrogens with two attached hydrogens (primary N) is 1. The maximum atomic E-state index is 12.6. The normalized spacial score (nSPS) is 19.0. The fourth-order valence-corrected chi connectivity index (χ4v) is 4.61. The molecule has 5 heteroatoms. The van der Waals surface area contributed by atoms with E-state index >= 15 is 0 Å². The molecular weight excluding hydrogens is 362 g/mol. The molecule has 2 amide bonds. The van der Waals surface area contributed by atoms with E-state index in [0.29, 0.717) is 13.0 Å². The summed E-state index contributed by atoms with van der Waals surface area (Å²) in [5, 5.41) is 3.02. The largest absolute Gasteiger partial charge is 0.368 e. The summed E-state index contributed by atoms with van der Waals surface area (Å²) in [7, 11) is 0. The Morgan fingerprint density at radius 2 is 1.83 bits per heavy atom. The van der Waals surface area contributed by atoms with E-state index in [9.17, 15) is 9.59 Å². The Balaban J connectivity index is 1.37. The van der Waals surface area contributed by atoms with Crippen molar-refractivity contribution in [1.82, 2.24) is 4.90 Å². The number of benzene rings is 2. The third kappa shape index (κ3) is 4.85. The van der Waals surface area contributed by atoms with Crippen LogP contribution in [0.15, 0.2) is 42.5 Å². The summed E-state index contributed by atoms with van der Waals surface area (Å²) in [6.45, 7) is 1.55. The predicted molar refractivity (Wildman–Crippen MR) is 114 cm³/mol. The predicted octanol–water partition coefficient (Wildman–Crippen LogP) is 3.20. The van der Waals surface area contributed by atoms with Crippen molar-refractivity contribution in [2.75, 3.05) is 11.9 Å². The molecule has 3 N–H and O–H groups in total. The van der Waals surface area contributed by atoms with Crippen molar-refractivity contribution in [3.8, 4) is 0 Å². The number of primary amides is 1. The lowest BCUT2D eigenvalue weighted by Gasteiger charge is -2.22. The van der Waals surface area contributed by atoms with Crippen molar-refractivity contribution in [2.24, 2.45) is 5.73 Å². The van der Waals surface area contributed by atoms with Gasteiger partial charge in [0.15, 0.2) is 0 Å². The van der Waals surface area contributed by atoms with Gasteiger partial charge in [0, 0.05) is 12.2 Å². The fraction of sp³-hybridized carbons (Fsp3) is 0.417. The Hall–Kier alpha value is -2.66. The number of hydrogen-bond donors (Lipinski definition) is 2. The van der Waals surface area contributed by atoms with Gasteiger partial charge in [0.05, 0.1) is 12.5 Å². The van der Waals surface area contributed by atoms with Crippen LogP contribution < -0.4 is 11.1 Å². The molecule has 1 saturated heterocycles. The highest BCUT2D eigenvalue weighted by molar-refractivity contribution is 5.92. The Bertz CT molecular complexity index is 909. The molecule has 29 heavy (non-hydrogen) atoms. The highest BCUT2D eigenvalue weighted by Gasteiger charge is 2.28. The van der Waals surface area contributed by atoms with Crippen LogP contribution in [0.3, 0.4) is 0 Å². The van der Waals surface area contributed by atoms with Gasteiger partial charge in [-0.2, -0.15) is 0 Å². The van der Waals surface area contributed by atoms with Crippen molar-refractivity contribution in [3.05, 3.63) is 64.7 Å². The topological polar surface area (TPSA) is 75.4 Å². The summed E-state index contributed by atoms with van der Waals surface area (Å²) < 4.78 is 0. The van der Waals surface area contributed by atoms with E-state index in [1.54, 1.807) is 0 Å². The molecule has 5 nitrogen and oxygen atoms in total. The number of anilines is 1. The molecule has 1 aliphatic carbocycles. The standard InChI is InChI=1S/C24H29N3O2/c25-24(29)22-9-4-12-27(22)16-18-5-3-8-21(14-18)26-23(28)15-17-10-11-19-6-1-2-7-20(19)13-17/h3,5,8,10-11,13-14,22H,1-2,4,6-7,9,12,15-16H2,(H2,25,29)(H,26,28). The summed E-state index contributed by atoms with van der Waals surface area (Å²) >= 11 is 0. The fourth-order valence-electron chi connectivity index (χ4n) is 4.61. The van der Waals surface area contributed by atoms with Crippen molar-refractivity contribution in [3.63, 3.8) is 0 Å². The smallest absolute Gasteiger partial charge is 0.234 e. The number of rotatable bonds is 6. The zero-order valence-corrected chi connectivity index (χ0v) is 16.8. The van der Waals surface area contributed by atoms with Crippen LogP contribution in [0.4, 0.5) is 5.69 Å². The number of fused-ring (bicyclic) bond motifs is 1. The average Bonchev–Trinajstić information content (AvgIpc) is 3.16. The Morgan fingerprint density at radius 3 is 2.66 bits per heavy atom. The van der Waals surface area contributed by atoms with Gasteiger partial charge in [-0.3, -0.25) is 14.5 Å². The molecule has 0 radical (unpaired) electrons. The maximum Gasteiger partial charge on any atom is 0.234 e. The lowest BCUT2D eigenvalue weighted by Crippen LogP contribution is -2.39. The van der Waals surface area contributed by atoms with Crippen LogP contribution in [0.5, 0.6) is 0 Å². The Labute approximate surface area is 172 Å². The lowest BCUT2D eigenvalue weighted by molar-refractivity contribution is -0.122. The van der Waals surface area contributed by atoms with Gasteiger partial charge in [-0.05, 0) is 79.5 Å². The van der Waals surface area contributed by atoms with Crippen LogP contribution in [-0.4, -0.2) is 29.3 Å². The van der Waals surface area contributed by atoms with Gasteiger partial charge >= 0.3 is 0 Å². The first-order valence-corrected chi connectivity index (χ1v) is 10.6. The van der Waals surface area contributed by atoms with E-state index in [1.807, 2.05) is 24.3 Å². The van der Waals surface area contributed by atoms with Crippen LogP contribution >= 0.6 is 0 Å². The van der Waals surface area contributed by atoms with Crippen LogP contribution in [-0.2, 0) is 35.4 Å². The molecule has 0 aromatic heterocycles. The molecule has 1 aliphatic heterocycles. The van der Waals surface area contributed by atoms with Crippen molar-refractivity contribution >= 4 is 17.5 Å². The molecule has 2 aromatic rings. The Morgan fingerprint density at radius 1 is 1.00 bits per heavy atom. The molecule has 1 fully saturated rings. The molecule has 1 heterocycles. The molecule has 0 spiro atoms. The van der Waals surface area contributed by atoms with Gasteiger partial charge in [0.25, 0.3) is 0 Å². The SMILES string of the molecule is NC(=O)C1CCCN1Cc1cccc(NC(=O)Cc2ccc3c(c2)CCCC3)c1. The number of carbonyl (C=O) groups is 2. The molecule has 4 rings (SSSR count). The van der Waals surface area contributed by atoms with E-state index in [4.69, 9.17) is 5.73 Å². The van der Waals surface area contributed by atoms with Gasteiger partial charge in [0.2, 0.25) is 11.8 Å². The molecule has 0 bridgehead atoms. The zero-order valence-electron chi connectivity index (χ0n) is 16.8. The highest BCUT2D eigenvalue weighted by atomic mass is 16.2. The van der Waals surface area contributed by atoms with Crippen molar-refractivity contribution in [2.45, 2.75) is 57.5 Å². The van der Waals surface area contributed by atoms with E-state index in [2.05, 4.69) is 28.4 Å². The van der Waals surface area contributed by atoms with Crippen molar-refractivity contribution in [1.29, 1.82) is 0 Å². The molecule has 2 aliphatic rings. The van der Waals surface area contributed by atoms with Gasteiger partial charge in [-0.25, -0.2) is 0 Å². The summed E-state index contributed by atoms with van der Waals surface area (Å²) in [6.07, 6.45) is 6.98. The number of carbonyl (C=O) groups excluding carboxylic acids is 2. The van der Waals surface area contributed by atoms with Gasteiger partial charge < -0.3 is 11.1 Å². The molecule has 152 valence electrons. The van der Waals surface area contributed by atoms with E-state index in [1.165, 1.54) is 24.0 Å². The number of likely N-dealkylation sites (tertiary alicyclic amines) is 1. The quantitative estimate of drug-likeness (QED) is 0.794. The lowest BCUT2D eigenvalue weighted by atomic mass is 9.90. The summed E-state index contributed by atoms with van der Waals surface area (Å²) in [5.41, 5.74) is 11.3. The third-order valence-corrected chi connectivity index (χ3v) is 6.07. The number of aryl methyl sites for hydroxylation is 2. The van der Waals surface area contributed by atoms with E-state index < -0.39 is 0 Å². The summed E-state index contributed by atoms with van der Waals surface area (Å²) in [6, 6.07) is 14.1. The maximum absolute atomic E-state index is 12.6. The second kappa shape index (κ2) is 8.78. The average molecular weight is 392 g/mol. The first-order valence-electron chi connectivity index (χ1n) is 10.6. The van der Waals surface area contributed by atoms with E-state index in [0.717, 1.165) is 49.0 Å². The van der Waals surface area contributed by atoms with Crippen LogP contribution in [0.25, 0.3) is 0 Å². The van der Waals surface area contributed by atoms with Gasteiger partial charge in [-0.15, -0.1) is 0 Å². The van der Waals surface area contributed by atoms with E-state index in [-0.39, 0.29) is 17.9 Å². The molecular formula is C24H29N3O2. The van der Waals surface area contributed by atoms with Crippen molar-refractivity contribution < 1.29 is 9.59 Å². The first kappa shape index (κ1) is 19.6. The first-order chi connectivity index (χ1) is 14.1. The second-order valence-electron chi connectivity index (χ2n) is 8.27. The highest BCUT2D eigenvalue weighted by Crippen LogP contribution is 2.23. The minimum atomic E-state index is -0.253. The summed E-state index contributed by atoms with van der Waals surface area (Å²) in [4.78, 5) is 26.3. The number of nitrogens with zero attached hydrogens (tertiary/aromatic N) is 1. The monoisotopic (exact) mass is 391 g/mol. The second-order valence-corrected chi connectivity index (χ2v) is 8.27. The van der Waals surface area contributed by atoms with Gasteiger partial charge in [-0.1, -0.05) is 30.3 Å². The Kier molecular flexibility index (Phi) is 5.95. The minimum absolute atomic E-state index is 0.00547. The molecule has 0 saturated carbocycles. The molecule has 2 aromatic carbocycles. The molecule has 1 atom stereocenters. The minimum Gasteiger partial charge on any atom is -0.368 e. The number of nitrogens with one attached hydrogen (secondary N) is 1. The van der Waals surface area contributed by atoms with Gasteiger partial charge in [0.1, 0.15) is 0 Å². The molecule has 1 unspecified atom stereocenters. The number of hydrogen-bond acceptors (Lipinski definition) is 3.